The lowest BCUT2D eigenvalue weighted by Crippen LogP contribution is -2.32. The highest BCUT2D eigenvalue weighted by molar-refractivity contribution is 7.11. The van der Waals surface area contributed by atoms with Crippen LogP contribution in [0.4, 0.5) is 0 Å². The summed E-state index contributed by atoms with van der Waals surface area (Å²) >= 11 is 1.64. The molecule has 0 fully saturated rings. The van der Waals surface area contributed by atoms with Gasteiger partial charge in [-0.15, -0.1) is 11.3 Å². The molecule has 6 nitrogen and oxygen atoms in total. The standard InChI is InChI=1S/C16H22N4O2S/c1-9(2)15-17-10(3)14(23-15)11(4)19(5)16(22)12-7-8-13(21)20(6)18-12/h7-9,11H,1-6H3/t11-/m1/s1. The number of rotatable bonds is 4. The predicted molar refractivity (Wildman–Crippen MR) is 90.9 cm³/mol. The fraction of sp³-hybridized carbons (Fsp3) is 0.500. The van der Waals surface area contributed by atoms with Gasteiger partial charge in [0.05, 0.1) is 16.7 Å². The van der Waals surface area contributed by atoms with E-state index >= 15 is 0 Å². The number of hydrogen-bond acceptors (Lipinski definition) is 5. The van der Waals surface area contributed by atoms with Gasteiger partial charge in [0.25, 0.3) is 11.5 Å². The van der Waals surface area contributed by atoms with E-state index < -0.39 is 0 Å². The van der Waals surface area contributed by atoms with Crippen LogP contribution in [-0.4, -0.2) is 32.6 Å². The lowest BCUT2D eigenvalue weighted by molar-refractivity contribution is 0.0736. The summed E-state index contributed by atoms with van der Waals surface area (Å²) in [5.41, 5.74) is 0.976. The maximum atomic E-state index is 12.6. The number of thiazole rings is 1. The third kappa shape index (κ3) is 3.50. The van der Waals surface area contributed by atoms with E-state index in [4.69, 9.17) is 0 Å². The second-order valence-corrected chi connectivity index (χ2v) is 6.99. The van der Waals surface area contributed by atoms with Crippen molar-refractivity contribution in [3.8, 4) is 0 Å². The molecule has 2 rings (SSSR count). The molecule has 0 N–H and O–H groups in total. The Morgan fingerprint density at radius 3 is 2.48 bits per heavy atom. The molecule has 0 spiro atoms. The van der Waals surface area contributed by atoms with Crippen LogP contribution < -0.4 is 5.56 Å². The van der Waals surface area contributed by atoms with Gasteiger partial charge >= 0.3 is 0 Å². The number of aromatic nitrogens is 3. The van der Waals surface area contributed by atoms with Crippen LogP contribution in [0.15, 0.2) is 16.9 Å². The van der Waals surface area contributed by atoms with Crippen molar-refractivity contribution in [1.29, 1.82) is 0 Å². The van der Waals surface area contributed by atoms with E-state index in [1.165, 1.54) is 23.9 Å². The van der Waals surface area contributed by atoms with Gasteiger partial charge in [-0.3, -0.25) is 9.59 Å². The third-order valence-electron chi connectivity index (χ3n) is 3.80. The number of aryl methyl sites for hydroxylation is 2. The van der Waals surface area contributed by atoms with E-state index in [0.29, 0.717) is 5.92 Å². The topological polar surface area (TPSA) is 68.1 Å². The second kappa shape index (κ2) is 6.62. The van der Waals surface area contributed by atoms with Crippen LogP contribution in [0.5, 0.6) is 0 Å². The normalized spacial score (nSPS) is 12.5. The summed E-state index contributed by atoms with van der Waals surface area (Å²) in [7, 11) is 3.28. The van der Waals surface area contributed by atoms with Crippen LogP contribution in [0.3, 0.4) is 0 Å². The Bertz CT molecular complexity index is 779. The molecule has 2 aromatic rings. The van der Waals surface area contributed by atoms with Crippen LogP contribution in [-0.2, 0) is 7.05 Å². The molecule has 7 heteroatoms. The maximum Gasteiger partial charge on any atom is 0.274 e. The zero-order valence-corrected chi connectivity index (χ0v) is 15.1. The summed E-state index contributed by atoms with van der Waals surface area (Å²) in [6.07, 6.45) is 0. The van der Waals surface area contributed by atoms with Crippen molar-refractivity contribution in [2.24, 2.45) is 7.05 Å². The molecule has 1 atom stereocenters. The smallest absolute Gasteiger partial charge is 0.274 e. The predicted octanol–water partition coefficient (Wildman–Crippen LogP) is 2.50. The molecule has 23 heavy (non-hydrogen) atoms. The van der Waals surface area contributed by atoms with Crippen molar-refractivity contribution in [3.63, 3.8) is 0 Å². The van der Waals surface area contributed by atoms with Crippen molar-refractivity contribution >= 4 is 17.2 Å². The van der Waals surface area contributed by atoms with Crippen molar-refractivity contribution in [2.75, 3.05) is 7.05 Å². The Hall–Kier alpha value is -2.02. The molecule has 2 heterocycles. The minimum Gasteiger partial charge on any atom is -0.333 e. The van der Waals surface area contributed by atoms with Gasteiger partial charge in [-0.25, -0.2) is 9.67 Å². The second-order valence-electron chi connectivity index (χ2n) is 5.93. The van der Waals surface area contributed by atoms with Crippen LogP contribution in [0.25, 0.3) is 0 Å². The van der Waals surface area contributed by atoms with Crippen LogP contribution in [0, 0.1) is 6.92 Å². The van der Waals surface area contributed by atoms with Crippen molar-refractivity contribution in [2.45, 2.75) is 39.7 Å². The minimum atomic E-state index is -0.239. The van der Waals surface area contributed by atoms with E-state index in [1.807, 2.05) is 13.8 Å². The monoisotopic (exact) mass is 334 g/mol. The van der Waals surface area contributed by atoms with Crippen molar-refractivity contribution in [3.05, 3.63) is 43.8 Å². The van der Waals surface area contributed by atoms with Crippen LogP contribution in [0.1, 0.15) is 58.8 Å². The molecule has 2 aromatic heterocycles. The lowest BCUT2D eigenvalue weighted by Gasteiger charge is -2.24. The van der Waals surface area contributed by atoms with Gasteiger partial charge < -0.3 is 4.90 Å². The first-order chi connectivity index (χ1) is 10.7. The zero-order chi connectivity index (χ0) is 17.3. The SMILES string of the molecule is Cc1nc(C(C)C)sc1[C@@H](C)N(C)C(=O)c1ccc(=O)n(C)n1. The lowest BCUT2D eigenvalue weighted by atomic mass is 10.2. The Labute approximate surface area is 139 Å². The molecule has 0 aliphatic heterocycles. The third-order valence-corrected chi connectivity index (χ3v) is 5.43. The average Bonchev–Trinajstić information content (AvgIpc) is 2.90. The molecule has 1 amide bonds. The number of nitrogens with zero attached hydrogens (tertiary/aromatic N) is 4. The molecular weight excluding hydrogens is 312 g/mol. The zero-order valence-electron chi connectivity index (χ0n) is 14.3. The molecule has 0 saturated carbocycles. The summed E-state index contributed by atoms with van der Waals surface area (Å²) in [5, 5.41) is 5.10. The molecule has 124 valence electrons. The van der Waals surface area contributed by atoms with Crippen LogP contribution in [0.2, 0.25) is 0 Å². The first-order valence-electron chi connectivity index (χ1n) is 7.51. The quantitative estimate of drug-likeness (QED) is 0.861. The van der Waals surface area contributed by atoms with E-state index in [2.05, 4.69) is 23.9 Å². The van der Waals surface area contributed by atoms with E-state index in [9.17, 15) is 9.59 Å². The maximum absolute atomic E-state index is 12.6. The largest absolute Gasteiger partial charge is 0.333 e. The van der Waals surface area contributed by atoms with E-state index in [1.54, 1.807) is 23.3 Å². The van der Waals surface area contributed by atoms with Gasteiger partial charge in [-0.1, -0.05) is 13.8 Å². The Kier molecular flexibility index (Phi) is 4.99. The highest BCUT2D eigenvalue weighted by Crippen LogP contribution is 2.32. The average molecular weight is 334 g/mol. The number of hydrogen-bond donors (Lipinski definition) is 0. The Balaban J connectivity index is 2.28. The van der Waals surface area contributed by atoms with Gasteiger partial charge in [0.15, 0.2) is 0 Å². The number of carbonyl (C=O) groups excluding carboxylic acids is 1. The van der Waals surface area contributed by atoms with Gasteiger partial charge in [0, 0.05) is 31.0 Å². The van der Waals surface area contributed by atoms with Crippen molar-refractivity contribution < 1.29 is 4.79 Å². The molecule has 0 saturated heterocycles. The van der Waals surface area contributed by atoms with Gasteiger partial charge in [-0.2, -0.15) is 5.10 Å². The number of amides is 1. The van der Waals surface area contributed by atoms with Crippen LogP contribution >= 0.6 is 11.3 Å². The summed E-state index contributed by atoms with van der Waals surface area (Å²) < 4.78 is 1.17. The molecule has 0 aliphatic carbocycles. The first-order valence-corrected chi connectivity index (χ1v) is 8.32. The number of carbonyl (C=O) groups is 1. The van der Waals surface area contributed by atoms with Gasteiger partial charge in [-0.05, 0) is 19.9 Å². The first kappa shape index (κ1) is 17.3. The van der Waals surface area contributed by atoms with E-state index in [0.717, 1.165) is 15.6 Å². The van der Waals surface area contributed by atoms with Gasteiger partial charge in [0.2, 0.25) is 0 Å². The Morgan fingerprint density at radius 2 is 1.96 bits per heavy atom. The Morgan fingerprint density at radius 1 is 1.30 bits per heavy atom. The molecule has 0 aromatic carbocycles. The summed E-state index contributed by atoms with van der Waals surface area (Å²) in [4.78, 5) is 31.3. The summed E-state index contributed by atoms with van der Waals surface area (Å²) in [5.74, 6) is 0.151. The fourth-order valence-corrected chi connectivity index (χ4v) is 3.38. The molecule has 0 radical (unpaired) electrons. The minimum absolute atomic E-state index is 0.105. The van der Waals surface area contributed by atoms with Crippen molar-refractivity contribution in [1.82, 2.24) is 19.7 Å². The highest BCUT2D eigenvalue weighted by Gasteiger charge is 2.24. The highest BCUT2D eigenvalue weighted by atomic mass is 32.1. The molecule has 0 bridgehead atoms. The van der Waals surface area contributed by atoms with E-state index in [-0.39, 0.29) is 23.2 Å². The molecule has 0 aliphatic rings. The fourth-order valence-electron chi connectivity index (χ4n) is 2.21. The summed E-state index contributed by atoms with van der Waals surface area (Å²) in [6.45, 7) is 8.16. The molecule has 0 unspecified atom stereocenters. The summed E-state index contributed by atoms with van der Waals surface area (Å²) in [6, 6.07) is 2.71. The van der Waals surface area contributed by atoms with Gasteiger partial charge in [0.1, 0.15) is 5.69 Å². The molecular formula is C16H22N4O2S.